The average Bonchev–Trinajstić information content (AvgIpc) is 2.30. The molecular formula is C13H20N2O3S. The Balaban J connectivity index is 2.79. The summed E-state index contributed by atoms with van der Waals surface area (Å²) in [6.45, 7) is 4.47. The highest BCUT2D eigenvalue weighted by atomic mass is 32.2. The monoisotopic (exact) mass is 284 g/mol. The number of unbranched alkanes of at least 4 members (excludes halogenated alkanes) is 1. The number of anilines is 1. The molecule has 2 N–H and O–H groups in total. The van der Waals surface area contributed by atoms with E-state index in [0.717, 1.165) is 19.1 Å². The van der Waals surface area contributed by atoms with Crippen LogP contribution in [-0.2, 0) is 10.0 Å². The van der Waals surface area contributed by atoms with Gasteiger partial charge in [-0.3, -0.25) is 9.52 Å². The lowest BCUT2D eigenvalue weighted by Crippen LogP contribution is -2.24. The Bertz CT molecular complexity index is 553. The Morgan fingerprint density at radius 2 is 2.00 bits per heavy atom. The molecule has 0 fully saturated rings. The summed E-state index contributed by atoms with van der Waals surface area (Å²) in [7, 11) is -3.30. The van der Waals surface area contributed by atoms with Crippen molar-refractivity contribution < 1.29 is 13.2 Å². The second kappa shape index (κ2) is 6.56. The molecule has 19 heavy (non-hydrogen) atoms. The summed E-state index contributed by atoms with van der Waals surface area (Å²) in [5.74, 6) is -0.137. The van der Waals surface area contributed by atoms with Crippen molar-refractivity contribution in [3.63, 3.8) is 0 Å². The fraction of sp³-hybridized carbons (Fsp3) is 0.462. The van der Waals surface area contributed by atoms with Gasteiger partial charge in [0.15, 0.2) is 0 Å². The quantitative estimate of drug-likeness (QED) is 0.783. The number of carbonyl (C=O) groups is 1. The third-order valence-electron chi connectivity index (χ3n) is 2.60. The van der Waals surface area contributed by atoms with Crippen LogP contribution in [0.5, 0.6) is 0 Å². The summed E-state index contributed by atoms with van der Waals surface area (Å²) in [6, 6.07) is 4.89. The molecule has 0 atom stereocenters. The second-order valence-electron chi connectivity index (χ2n) is 4.51. The van der Waals surface area contributed by atoms with Crippen molar-refractivity contribution in [2.24, 2.45) is 0 Å². The molecule has 0 aromatic heterocycles. The van der Waals surface area contributed by atoms with Crippen molar-refractivity contribution in [2.45, 2.75) is 26.7 Å². The van der Waals surface area contributed by atoms with Crippen LogP contribution in [0.15, 0.2) is 18.2 Å². The van der Waals surface area contributed by atoms with E-state index in [1.165, 1.54) is 0 Å². The van der Waals surface area contributed by atoms with Gasteiger partial charge in [-0.15, -0.1) is 0 Å². The van der Waals surface area contributed by atoms with E-state index in [2.05, 4.69) is 17.0 Å². The predicted octanol–water partition coefficient (Wildman–Crippen LogP) is 1.90. The molecule has 0 saturated carbocycles. The van der Waals surface area contributed by atoms with Crippen molar-refractivity contribution in [2.75, 3.05) is 17.5 Å². The van der Waals surface area contributed by atoms with Crippen LogP contribution >= 0.6 is 0 Å². The molecule has 106 valence electrons. The predicted molar refractivity (Wildman–Crippen MR) is 76.9 cm³/mol. The van der Waals surface area contributed by atoms with E-state index in [4.69, 9.17) is 0 Å². The van der Waals surface area contributed by atoms with Crippen LogP contribution in [0.25, 0.3) is 0 Å². The molecule has 0 aliphatic rings. The number of sulfonamides is 1. The van der Waals surface area contributed by atoms with E-state index in [9.17, 15) is 13.2 Å². The normalized spacial score (nSPS) is 11.1. The molecule has 0 bridgehead atoms. The van der Waals surface area contributed by atoms with Crippen LogP contribution in [0.3, 0.4) is 0 Å². The minimum atomic E-state index is -3.30. The van der Waals surface area contributed by atoms with Gasteiger partial charge >= 0.3 is 0 Å². The molecule has 0 aliphatic heterocycles. The van der Waals surface area contributed by atoms with Crippen LogP contribution in [0.2, 0.25) is 0 Å². The Morgan fingerprint density at radius 3 is 2.53 bits per heavy atom. The number of hydrogen-bond donors (Lipinski definition) is 2. The van der Waals surface area contributed by atoms with Crippen LogP contribution in [0, 0.1) is 6.92 Å². The first kappa shape index (κ1) is 15.5. The first-order valence-electron chi connectivity index (χ1n) is 6.20. The fourth-order valence-corrected chi connectivity index (χ4v) is 2.23. The Labute approximate surface area is 114 Å². The Kier molecular flexibility index (Phi) is 5.35. The fourth-order valence-electron chi connectivity index (χ4n) is 1.60. The zero-order valence-electron chi connectivity index (χ0n) is 11.5. The molecular weight excluding hydrogens is 264 g/mol. The standard InChI is InChI=1S/C13H20N2O3S/c1-4-5-8-14-13(16)11-6-7-12(10(2)9-11)15-19(3,17)18/h6-7,9,15H,4-5,8H2,1-3H3,(H,14,16). The first-order chi connectivity index (χ1) is 8.83. The summed E-state index contributed by atoms with van der Waals surface area (Å²) in [4.78, 5) is 11.8. The minimum Gasteiger partial charge on any atom is -0.352 e. The number of carbonyl (C=O) groups excluding carboxylic acids is 1. The maximum Gasteiger partial charge on any atom is 0.251 e. The molecule has 1 aromatic carbocycles. The molecule has 0 aliphatic carbocycles. The van der Waals surface area contributed by atoms with Gasteiger partial charge in [0.25, 0.3) is 5.91 Å². The van der Waals surface area contributed by atoms with Gasteiger partial charge in [-0.2, -0.15) is 0 Å². The molecule has 0 radical (unpaired) electrons. The van der Waals surface area contributed by atoms with Gasteiger partial charge in [0, 0.05) is 12.1 Å². The zero-order chi connectivity index (χ0) is 14.5. The molecule has 5 nitrogen and oxygen atoms in total. The number of aryl methyl sites for hydroxylation is 1. The summed E-state index contributed by atoms with van der Waals surface area (Å²) in [5.41, 5.74) is 1.74. The number of amides is 1. The lowest BCUT2D eigenvalue weighted by molar-refractivity contribution is 0.0953. The topological polar surface area (TPSA) is 75.3 Å². The van der Waals surface area contributed by atoms with Crippen LogP contribution in [-0.4, -0.2) is 27.1 Å². The lowest BCUT2D eigenvalue weighted by Gasteiger charge is -2.10. The third kappa shape index (κ3) is 5.30. The van der Waals surface area contributed by atoms with E-state index >= 15 is 0 Å². The van der Waals surface area contributed by atoms with Gasteiger partial charge in [-0.05, 0) is 37.1 Å². The Morgan fingerprint density at radius 1 is 1.32 bits per heavy atom. The average molecular weight is 284 g/mol. The van der Waals surface area contributed by atoms with Crippen molar-refractivity contribution in [1.82, 2.24) is 5.32 Å². The van der Waals surface area contributed by atoms with Crippen molar-refractivity contribution >= 4 is 21.6 Å². The van der Waals surface area contributed by atoms with Crippen LogP contribution in [0.4, 0.5) is 5.69 Å². The number of benzene rings is 1. The van der Waals surface area contributed by atoms with Crippen LogP contribution in [0.1, 0.15) is 35.7 Å². The maximum absolute atomic E-state index is 11.8. The molecule has 0 heterocycles. The van der Waals surface area contributed by atoms with Gasteiger partial charge in [0.2, 0.25) is 10.0 Å². The van der Waals surface area contributed by atoms with Crippen LogP contribution < -0.4 is 10.0 Å². The van der Waals surface area contributed by atoms with Crippen molar-refractivity contribution in [3.05, 3.63) is 29.3 Å². The molecule has 1 rings (SSSR count). The highest BCUT2D eigenvalue weighted by Gasteiger charge is 2.09. The van der Waals surface area contributed by atoms with Crippen molar-refractivity contribution in [3.8, 4) is 0 Å². The molecule has 0 spiro atoms. The summed E-state index contributed by atoms with van der Waals surface area (Å²) < 4.78 is 24.7. The van der Waals surface area contributed by atoms with E-state index in [1.807, 2.05) is 0 Å². The van der Waals surface area contributed by atoms with Gasteiger partial charge in [0.05, 0.1) is 11.9 Å². The Hall–Kier alpha value is -1.56. The highest BCUT2D eigenvalue weighted by Crippen LogP contribution is 2.17. The van der Waals surface area contributed by atoms with E-state index in [0.29, 0.717) is 23.4 Å². The van der Waals surface area contributed by atoms with E-state index in [1.54, 1.807) is 25.1 Å². The minimum absolute atomic E-state index is 0.137. The second-order valence-corrected chi connectivity index (χ2v) is 6.26. The maximum atomic E-state index is 11.8. The van der Waals surface area contributed by atoms with E-state index in [-0.39, 0.29) is 5.91 Å². The highest BCUT2D eigenvalue weighted by molar-refractivity contribution is 7.92. The van der Waals surface area contributed by atoms with Gasteiger partial charge in [-0.25, -0.2) is 8.42 Å². The SMILES string of the molecule is CCCCNC(=O)c1ccc(NS(C)(=O)=O)c(C)c1. The van der Waals surface area contributed by atoms with Gasteiger partial charge in [-0.1, -0.05) is 13.3 Å². The number of hydrogen-bond acceptors (Lipinski definition) is 3. The lowest BCUT2D eigenvalue weighted by atomic mass is 10.1. The third-order valence-corrected chi connectivity index (χ3v) is 3.19. The summed E-state index contributed by atoms with van der Waals surface area (Å²) >= 11 is 0. The van der Waals surface area contributed by atoms with Crippen molar-refractivity contribution in [1.29, 1.82) is 0 Å². The zero-order valence-corrected chi connectivity index (χ0v) is 12.3. The molecule has 0 unspecified atom stereocenters. The first-order valence-corrected chi connectivity index (χ1v) is 8.09. The van der Waals surface area contributed by atoms with Gasteiger partial charge in [0.1, 0.15) is 0 Å². The van der Waals surface area contributed by atoms with Gasteiger partial charge < -0.3 is 5.32 Å². The molecule has 1 amide bonds. The molecule has 1 aromatic rings. The van der Waals surface area contributed by atoms with E-state index < -0.39 is 10.0 Å². The molecule has 6 heteroatoms. The molecule has 0 saturated heterocycles. The number of nitrogens with one attached hydrogen (secondary N) is 2. The largest absolute Gasteiger partial charge is 0.352 e. The summed E-state index contributed by atoms with van der Waals surface area (Å²) in [5, 5.41) is 2.82. The summed E-state index contributed by atoms with van der Waals surface area (Å²) in [6.07, 6.45) is 3.06. The smallest absolute Gasteiger partial charge is 0.251 e. The number of rotatable bonds is 6.